The lowest BCUT2D eigenvalue weighted by Gasteiger charge is -2.25. The second kappa shape index (κ2) is 8.31. The SMILES string of the molecule is COc1ccc(N(Cc2ccc(F)cc2)S(=O)(=O)c2ccc(OC)cc2)cc1. The molecule has 0 aliphatic rings. The van der Waals surface area contributed by atoms with Crippen molar-refractivity contribution < 1.29 is 22.3 Å². The maximum Gasteiger partial charge on any atom is 0.264 e. The molecular formula is C21H20FNO4S. The summed E-state index contributed by atoms with van der Waals surface area (Å²) < 4.78 is 51.5. The fourth-order valence-corrected chi connectivity index (χ4v) is 4.15. The molecule has 0 aromatic heterocycles. The van der Waals surface area contributed by atoms with Crippen molar-refractivity contribution >= 4 is 15.7 Å². The number of rotatable bonds is 7. The highest BCUT2D eigenvalue weighted by Crippen LogP contribution is 2.28. The van der Waals surface area contributed by atoms with Crippen LogP contribution in [0.2, 0.25) is 0 Å². The Morgan fingerprint density at radius 2 is 1.29 bits per heavy atom. The van der Waals surface area contributed by atoms with Gasteiger partial charge in [0, 0.05) is 0 Å². The quantitative estimate of drug-likeness (QED) is 0.594. The number of methoxy groups -OCH3 is 2. The Morgan fingerprint density at radius 3 is 1.79 bits per heavy atom. The highest BCUT2D eigenvalue weighted by atomic mass is 32.2. The Hall–Kier alpha value is -3.06. The Balaban J connectivity index is 2.03. The number of anilines is 1. The second-order valence-corrected chi connectivity index (χ2v) is 7.87. The van der Waals surface area contributed by atoms with Crippen molar-refractivity contribution in [3.05, 3.63) is 84.2 Å². The molecule has 0 bridgehead atoms. The minimum Gasteiger partial charge on any atom is -0.497 e. The first-order valence-corrected chi connectivity index (χ1v) is 9.93. The lowest BCUT2D eigenvalue weighted by Crippen LogP contribution is -2.30. The zero-order valence-electron chi connectivity index (χ0n) is 15.5. The molecule has 3 aromatic carbocycles. The third-order valence-electron chi connectivity index (χ3n) is 4.25. The maximum atomic E-state index is 13.3. The summed E-state index contributed by atoms with van der Waals surface area (Å²) in [6.45, 7) is 0.0565. The van der Waals surface area contributed by atoms with E-state index in [0.717, 1.165) is 0 Å². The van der Waals surface area contributed by atoms with Crippen LogP contribution in [0, 0.1) is 5.82 Å². The van der Waals surface area contributed by atoms with Crippen LogP contribution in [0.25, 0.3) is 0 Å². The molecule has 3 rings (SSSR count). The average Bonchev–Trinajstić information content (AvgIpc) is 2.73. The number of sulfonamides is 1. The van der Waals surface area contributed by atoms with Gasteiger partial charge in [-0.15, -0.1) is 0 Å². The van der Waals surface area contributed by atoms with Gasteiger partial charge in [0.05, 0.1) is 31.3 Å². The molecule has 0 fully saturated rings. The Kier molecular flexibility index (Phi) is 5.84. The molecular weight excluding hydrogens is 381 g/mol. The summed E-state index contributed by atoms with van der Waals surface area (Å²) in [5.41, 5.74) is 1.13. The zero-order chi connectivity index (χ0) is 20.1. The van der Waals surface area contributed by atoms with Crippen LogP contribution in [-0.2, 0) is 16.6 Å². The van der Waals surface area contributed by atoms with Gasteiger partial charge in [-0.2, -0.15) is 0 Å². The molecule has 0 heterocycles. The van der Waals surface area contributed by atoms with E-state index >= 15 is 0 Å². The molecule has 0 aliphatic carbocycles. The number of benzene rings is 3. The molecule has 0 aliphatic heterocycles. The summed E-state index contributed by atoms with van der Waals surface area (Å²) in [7, 11) is -0.807. The van der Waals surface area contributed by atoms with Crippen LogP contribution in [-0.4, -0.2) is 22.6 Å². The molecule has 0 amide bonds. The third kappa shape index (κ3) is 4.26. The van der Waals surface area contributed by atoms with E-state index in [1.807, 2.05) is 0 Å². The predicted octanol–water partition coefficient (Wildman–Crippen LogP) is 4.24. The Labute approximate surface area is 164 Å². The van der Waals surface area contributed by atoms with Crippen molar-refractivity contribution in [3.63, 3.8) is 0 Å². The Morgan fingerprint density at radius 1 is 0.786 bits per heavy atom. The van der Waals surface area contributed by atoms with Crippen LogP contribution in [0.15, 0.2) is 77.7 Å². The highest BCUT2D eigenvalue weighted by Gasteiger charge is 2.25. The minimum absolute atomic E-state index is 0.0565. The van der Waals surface area contributed by atoms with E-state index in [-0.39, 0.29) is 17.3 Å². The van der Waals surface area contributed by atoms with Gasteiger partial charge in [0.15, 0.2) is 0 Å². The van der Waals surface area contributed by atoms with Crippen LogP contribution < -0.4 is 13.8 Å². The van der Waals surface area contributed by atoms with Gasteiger partial charge >= 0.3 is 0 Å². The van der Waals surface area contributed by atoms with Crippen molar-refractivity contribution in [1.29, 1.82) is 0 Å². The van der Waals surface area contributed by atoms with Crippen LogP contribution in [0.5, 0.6) is 11.5 Å². The van der Waals surface area contributed by atoms with Gasteiger partial charge in [-0.25, -0.2) is 12.8 Å². The molecule has 0 N–H and O–H groups in total. The van der Waals surface area contributed by atoms with Crippen molar-refractivity contribution in [1.82, 2.24) is 0 Å². The summed E-state index contributed by atoms with van der Waals surface area (Å²) in [4.78, 5) is 0.131. The van der Waals surface area contributed by atoms with E-state index in [0.29, 0.717) is 22.7 Å². The summed E-state index contributed by atoms with van der Waals surface area (Å²) in [5.74, 6) is 0.804. The van der Waals surface area contributed by atoms with Crippen LogP contribution in [0.1, 0.15) is 5.56 Å². The van der Waals surface area contributed by atoms with Crippen LogP contribution >= 0.6 is 0 Å². The van der Waals surface area contributed by atoms with Gasteiger partial charge in [-0.1, -0.05) is 12.1 Å². The summed E-state index contributed by atoms with van der Waals surface area (Å²) >= 11 is 0. The van der Waals surface area contributed by atoms with Crippen molar-refractivity contribution in [2.24, 2.45) is 0 Å². The van der Waals surface area contributed by atoms with E-state index < -0.39 is 10.0 Å². The fraction of sp³-hybridized carbons (Fsp3) is 0.143. The molecule has 0 spiro atoms. The molecule has 0 saturated heterocycles. The average molecular weight is 401 g/mol. The predicted molar refractivity (Wildman–Crippen MR) is 106 cm³/mol. The van der Waals surface area contributed by atoms with Gasteiger partial charge in [0.1, 0.15) is 17.3 Å². The molecule has 0 atom stereocenters. The van der Waals surface area contributed by atoms with Gasteiger partial charge in [-0.3, -0.25) is 4.31 Å². The normalized spacial score (nSPS) is 11.1. The van der Waals surface area contributed by atoms with E-state index in [9.17, 15) is 12.8 Å². The second-order valence-electron chi connectivity index (χ2n) is 6.01. The molecule has 7 heteroatoms. The number of hydrogen-bond donors (Lipinski definition) is 0. The smallest absolute Gasteiger partial charge is 0.264 e. The van der Waals surface area contributed by atoms with E-state index in [2.05, 4.69) is 0 Å². The fourth-order valence-electron chi connectivity index (χ4n) is 2.69. The molecule has 0 radical (unpaired) electrons. The molecule has 28 heavy (non-hydrogen) atoms. The molecule has 0 unspecified atom stereocenters. The van der Waals surface area contributed by atoms with E-state index in [1.54, 1.807) is 55.6 Å². The summed E-state index contributed by atoms with van der Waals surface area (Å²) in [5, 5.41) is 0. The van der Waals surface area contributed by atoms with E-state index in [4.69, 9.17) is 9.47 Å². The van der Waals surface area contributed by atoms with Crippen molar-refractivity contribution in [2.45, 2.75) is 11.4 Å². The number of ether oxygens (including phenoxy) is 2. The monoisotopic (exact) mass is 401 g/mol. The molecule has 5 nitrogen and oxygen atoms in total. The molecule has 0 saturated carbocycles. The van der Waals surface area contributed by atoms with Crippen LogP contribution in [0.4, 0.5) is 10.1 Å². The third-order valence-corrected chi connectivity index (χ3v) is 6.04. The maximum absolute atomic E-state index is 13.3. The van der Waals surface area contributed by atoms with Gasteiger partial charge in [-0.05, 0) is 66.2 Å². The Bertz CT molecular complexity index is 1020. The first-order chi connectivity index (χ1) is 13.4. The van der Waals surface area contributed by atoms with E-state index in [1.165, 1.54) is 35.7 Å². The molecule has 3 aromatic rings. The number of halogens is 1. The van der Waals surface area contributed by atoms with Gasteiger partial charge in [0.2, 0.25) is 0 Å². The summed E-state index contributed by atoms with van der Waals surface area (Å²) in [6.07, 6.45) is 0. The zero-order valence-corrected chi connectivity index (χ0v) is 16.3. The lowest BCUT2D eigenvalue weighted by molar-refractivity contribution is 0.414. The first-order valence-electron chi connectivity index (χ1n) is 8.49. The van der Waals surface area contributed by atoms with Gasteiger partial charge in [0.25, 0.3) is 10.0 Å². The molecule has 146 valence electrons. The summed E-state index contributed by atoms with van der Waals surface area (Å²) in [6, 6.07) is 18.6. The van der Waals surface area contributed by atoms with Crippen molar-refractivity contribution in [2.75, 3.05) is 18.5 Å². The highest BCUT2D eigenvalue weighted by molar-refractivity contribution is 7.92. The largest absolute Gasteiger partial charge is 0.497 e. The topological polar surface area (TPSA) is 55.8 Å². The van der Waals surface area contributed by atoms with Crippen LogP contribution in [0.3, 0.4) is 0 Å². The lowest BCUT2D eigenvalue weighted by atomic mass is 10.2. The standard InChI is InChI=1S/C21H20FNO4S/c1-26-19-9-7-18(8-10-19)23(15-16-3-5-17(22)6-4-16)28(24,25)21-13-11-20(27-2)12-14-21/h3-14H,15H2,1-2H3. The minimum atomic E-state index is -3.86. The van der Waals surface area contributed by atoms with Gasteiger partial charge < -0.3 is 9.47 Å². The van der Waals surface area contributed by atoms with Crippen molar-refractivity contribution in [3.8, 4) is 11.5 Å². The first kappa shape index (κ1) is 19.7. The number of nitrogens with zero attached hydrogens (tertiary/aromatic N) is 1. The number of hydrogen-bond acceptors (Lipinski definition) is 4.